The number of methoxy groups -OCH3 is 1. The van der Waals surface area contributed by atoms with Gasteiger partial charge < -0.3 is 15.4 Å². The molecule has 8 nitrogen and oxygen atoms in total. The highest BCUT2D eigenvalue weighted by Crippen LogP contribution is 2.27. The summed E-state index contributed by atoms with van der Waals surface area (Å²) in [6.45, 7) is 6.29. The Labute approximate surface area is 202 Å². The monoisotopic (exact) mass is 470 g/mol. The van der Waals surface area contributed by atoms with Gasteiger partial charge in [0, 0.05) is 16.5 Å². The number of ether oxygens (including phenoxy) is 1. The third-order valence-electron chi connectivity index (χ3n) is 5.65. The zero-order valence-electron chi connectivity index (χ0n) is 19.9. The van der Waals surface area contributed by atoms with Gasteiger partial charge in [-0.25, -0.2) is 4.79 Å². The van der Waals surface area contributed by atoms with Crippen molar-refractivity contribution >= 4 is 40.1 Å². The number of anilines is 2. The van der Waals surface area contributed by atoms with Crippen LogP contribution in [0, 0.1) is 0 Å². The molecule has 3 aromatic carbocycles. The number of nitrogens with one attached hydrogen (secondary N) is 3. The van der Waals surface area contributed by atoms with Gasteiger partial charge >= 0.3 is 5.97 Å². The van der Waals surface area contributed by atoms with Crippen molar-refractivity contribution in [1.82, 2.24) is 10.2 Å². The van der Waals surface area contributed by atoms with Crippen molar-refractivity contribution in [3.63, 3.8) is 0 Å². The summed E-state index contributed by atoms with van der Waals surface area (Å²) in [5.41, 5.74) is 3.50. The highest BCUT2D eigenvalue weighted by Gasteiger charge is 2.18. The molecule has 0 fully saturated rings. The SMILES string of the molecule is COC(=O)c1ccc(NC(=O)c2ccc3cn[nH]c3c2)c(NC(=O)c2ccc(C(C)(C)C)cc2)c1. The van der Waals surface area contributed by atoms with E-state index < -0.39 is 5.97 Å². The number of hydrogen-bond donors (Lipinski definition) is 3. The number of aromatic amines is 1. The van der Waals surface area contributed by atoms with Crippen LogP contribution in [0.25, 0.3) is 10.9 Å². The maximum Gasteiger partial charge on any atom is 0.337 e. The summed E-state index contributed by atoms with van der Waals surface area (Å²) in [6.07, 6.45) is 1.67. The number of H-pyrrole nitrogens is 1. The number of fused-ring (bicyclic) bond motifs is 1. The molecule has 0 atom stereocenters. The van der Waals surface area contributed by atoms with Gasteiger partial charge in [-0.2, -0.15) is 5.10 Å². The highest BCUT2D eigenvalue weighted by molar-refractivity contribution is 6.11. The Bertz CT molecular complexity index is 1420. The first-order valence-corrected chi connectivity index (χ1v) is 11.0. The highest BCUT2D eigenvalue weighted by atomic mass is 16.5. The minimum absolute atomic E-state index is 0.0412. The maximum atomic E-state index is 13.0. The van der Waals surface area contributed by atoms with E-state index in [1.165, 1.54) is 19.2 Å². The lowest BCUT2D eigenvalue weighted by Gasteiger charge is -2.19. The fraction of sp³-hybridized carbons (Fsp3) is 0.185. The van der Waals surface area contributed by atoms with Crippen LogP contribution in [0.15, 0.2) is 66.9 Å². The van der Waals surface area contributed by atoms with Crippen molar-refractivity contribution in [2.75, 3.05) is 17.7 Å². The van der Waals surface area contributed by atoms with E-state index in [-0.39, 0.29) is 28.5 Å². The van der Waals surface area contributed by atoms with Crippen LogP contribution in [-0.4, -0.2) is 35.1 Å². The van der Waals surface area contributed by atoms with E-state index in [1.807, 2.05) is 12.1 Å². The van der Waals surface area contributed by atoms with Gasteiger partial charge in [-0.1, -0.05) is 39.0 Å². The number of hydrogen-bond acceptors (Lipinski definition) is 5. The summed E-state index contributed by atoms with van der Waals surface area (Å²) >= 11 is 0. The van der Waals surface area contributed by atoms with Crippen LogP contribution >= 0.6 is 0 Å². The van der Waals surface area contributed by atoms with Gasteiger partial charge in [-0.05, 0) is 53.4 Å². The Balaban J connectivity index is 1.61. The Hall–Kier alpha value is -4.46. The second-order valence-electron chi connectivity index (χ2n) is 9.16. The molecule has 35 heavy (non-hydrogen) atoms. The average molecular weight is 471 g/mol. The quantitative estimate of drug-likeness (QED) is 0.349. The average Bonchev–Trinajstić information content (AvgIpc) is 3.32. The minimum Gasteiger partial charge on any atom is -0.465 e. The van der Waals surface area contributed by atoms with E-state index in [0.29, 0.717) is 16.8 Å². The van der Waals surface area contributed by atoms with Gasteiger partial charge in [0.05, 0.1) is 35.8 Å². The molecule has 1 aromatic heterocycles. The normalized spacial score (nSPS) is 11.2. The van der Waals surface area contributed by atoms with Gasteiger partial charge in [-0.3, -0.25) is 14.7 Å². The number of carbonyl (C=O) groups is 3. The topological polar surface area (TPSA) is 113 Å². The Kier molecular flexibility index (Phi) is 6.38. The van der Waals surface area contributed by atoms with Gasteiger partial charge in [-0.15, -0.1) is 0 Å². The van der Waals surface area contributed by atoms with Crippen molar-refractivity contribution in [3.05, 3.63) is 89.1 Å². The van der Waals surface area contributed by atoms with E-state index in [0.717, 1.165) is 16.5 Å². The second-order valence-corrected chi connectivity index (χ2v) is 9.16. The number of nitrogens with zero attached hydrogens (tertiary/aromatic N) is 1. The van der Waals surface area contributed by atoms with E-state index in [1.54, 1.807) is 42.6 Å². The maximum absolute atomic E-state index is 13.0. The molecule has 0 saturated heterocycles. The van der Waals surface area contributed by atoms with E-state index in [9.17, 15) is 14.4 Å². The summed E-state index contributed by atoms with van der Waals surface area (Å²) in [4.78, 5) is 38.0. The van der Waals surface area contributed by atoms with Crippen LogP contribution in [-0.2, 0) is 10.2 Å². The Morgan fingerprint density at radius 1 is 0.800 bits per heavy atom. The minimum atomic E-state index is -0.558. The fourth-order valence-corrected chi connectivity index (χ4v) is 3.59. The summed E-state index contributed by atoms with van der Waals surface area (Å²) in [5.74, 6) is -1.31. The summed E-state index contributed by atoms with van der Waals surface area (Å²) in [6, 6.07) is 17.0. The van der Waals surface area contributed by atoms with Crippen molar-refractivity contribution in [2.24, 2.45) is 0 Å². The molecule has 0 radical (unpaired) electrons. The van der Waals surface area contributed by atoms with Crippen LogP contribution in [0.3, 0.4) is 0 Å². The van der Waals surface area contributed by atoms with Crippen molar-refractivity contribution in [3.8, 4) is 0 Å². The van der Waals surface area contributed by atoms with Gasteiger partial charge in [0.2, 0.25) is 0 Å². The zero-order chi connectivity index (χ0) is 25.2. The molecule has 0 unspecified atom stereocenters. The van der Waals surface area contributed by atoms with Crippen LogP contribution in [0.1, 0.15) is 57.4 Å². The predicted molar refractivity (Wildman–Crippen MR) is 135 cm³/mol. The predicted octanol–water partition coefficient (Wildman–Crippen LogP) is 5.15. The largest absolute Gasteiger partial charge is 0.465 e. The first kappa shape index (κ1) is 23.7. The van der Waals surface area contributed by atoms with Crippen LogP contribution in [0.5, 0.6) is 0 Å². The molecule has 0 aliphatic carbocycles. The molecule has 4 rings (SSSR count). The molecule has 0 aliphatic rings. The number of benzene rings is 3. The van der Waals surface area contributed by atoms with Gasteiger partial charge in [0.1, 0.15) is 0 Å². The summed E-state index contributed by atoms with van der Waals surface area (Å²) in [7, 11) is 1.28. The fourth-order valence-electron chi connectivity index (χ4n) is 3.59. The van der Waals surface area contributed by atoms with Crippen molar-refractivity contribution < 1.29 is 19.1 Å². The smallest absolute Gasteiger partial charge is 0.337 e. The molecule has 178 valence electrons. The molecule has 8 heteroatoms. The molecule has 4 aromatic rings. The van der Waals surface area contributed by atoms with E-state index >= 15 is 0 Å². The number of amides is 2. The van der Waals surface area contributed by atoms with Gasteiger partial charge in [0.25, 0.3) is 11.8 Å². The molecule has 1 heterocycles. The molecule has 0 aliphatic heterocycles. The Morgan fingerprint density at radius 2 is 1.43 bits per heavy atom. The number of aromatic nitrogens is 2. The lowest BCUT2D eigenvalue weighted by atomic mass is 9.87. The van der Waals surface area contributed by atoms with E-state index in [4.69, 9.17) is 4.74 Å². The van der Waals surface area contributed by atoms with Crippen LogP contribution < -0.4 is 10.6 Å². The second kappa shape index (κ2) is 9.42. The first-order chi connectivity index (χ1) is 16.7. The molecule has 2 amide bonds. The Morgan fingerprint density at radius 3 is 2.11 bits per heavy atom. The third kappa shape index (κ3) is 5.22. The summed E-state index contributed by atoms with van der Waals surface area (Å²) < 4.78 is 4.80. The van der Waals surface area contributed by atoms with Crippen molar-refractivity contribution in [2.45, 2.75) is 26.2 Å². The number of esters is 1. The lowest BCUT2D eigenvalue weighted by molar-refractivity contribution is 0.0600. The molecule has 0 spiro atoms. The van der Waals surface area contributed by atoms with E-state index in [2.05, 4.69) is 41.6 Å². The van der Waals surface area contributed by atoms with Gasteiger partial charge in [0.15, 0.2) is 0 Å². The third-order valence-corrected chi connectivity index (χ3v) is 5.65. The number of carbonyl (C=O) groups excluding carboxylic acids is 3. The first-order valence-electron chi connectivity index (χ1n) is 11.0. The molecular formula is C27H26N4O4. The van der Waals surface area contributed by atoms with Crippen LogP contribution in [0.4, 0.5) is 11.4 Å². The molecule has 0 bridgehead atoms. The lowest BCUT2D eigenvalue weighted by Crippen LogP contribution is -2.18. The molecule has 0 saturated carbocycles. The molecular weight excluding hydrogens is 444 g/mol. The molecule has 3 N–H and O–H groups in total. The summed E-state index contributed by atoms with van der Waals surface area (Å²) in [5, 5.41) is 13.3. The van der Waals surface area contributed by atoms with Crippen molar-refractivity contribution in [1.29, 1.82) is 0 Å². The van der Waals surface area contributed by atoms with Crippen LogP contribution in [0.2, 0.25) is 0 Å². The standard InChI is InChI=1S/C27H26N4O4/c1-27(2,3)20-10-7-16(8-11-20)24(32)30-23-14-18(26(34)35-4)9-12-21(23)29-25(33)17-5-6-19-15-28-31-22(19)13-17/h5-15H,1-4H3,(H,28,31)(H,29,33)(H,30,32). The number of rotatable bonds is 5. The zero-order valence-corrected chi connectivity index (χ0v) is 19.9.